The van der Waals surface area contributed by atoms with Crippen LogP contribution >= 0.6 is 23.2 Å². The Balaban J connectivity index is 1.88. The molecule has 4 amide bonds. The minimum absolute atomic E-state index is 0.233. The van der Waals surface area contributed by atoms with Gasteiger partial charge in [0, 0.05) is 5.02 Å². The average Bonchev–Trinajstić information content (AvgIpc) is 2.87. The Labute approximate surface area is 166 Å². The minimum atomic E-state index is -1.000. The van der Waals surface area contributed by atoms with Crippen molar-refractivity contribution in [3.05, 3.63) is 28.2 Å². The second kappa shape index (κ2) is 8.58. The number of benzene rings is 1. The van der Waals surface area contributed by atoms with E-state index in [4.69, 9.17) is 27.9 Å². The Morgan fingerprint density at radius 3 is 2.44 bits per heavy atom. The van der Waals surface area contributed by atoms with Crippen LogP contribution in [0.2, 0.25) is 10.0 Å². The van der Waals surface area contributed by atoms with Gasteiger partial charge in [-0.25, -0.2) is 4.79 Å². The van der Waals surface area contributed by atoms with E-state index < -0.39 is 42.5 Å². The quantitative estimate of drug-likeness (QED) is 0.525. The highest BCUT2D eigenvalue weighted by Gasteiger charge is 2.49. The second-order valence-electron chi connectivity index (χ2n) is 5.94. The summed E-state index contributed by atoms with van der Waals surface area (Å²) < 4.78 is 4.84. The number of halogens is 2. The van der Waals surface area contributed by atoms with E-state index in [-0.39, 0.29) is 5.02 Å². The largest absolute Gasteiger partial charge is 0.454 e. The summed E-state index contributed by atoms with van der Waals surface area (Å²) in [6.45, 7) is 2.39. The van der Waals surface area contributed by atoms with Crippen LogP contribution in [0.15, 0.2) is 18.2 Å². The van der Waals surface area contributed by atoms with E-state index >= 15 is 0 Å². The Bertz CT molecular complexity index is 780. The molecule has 27 heavy (non-hydrogen) atoms. The van der Waals surface area contributed by atoms with Gasteiger partial charge < -0.3 is 15.4 Å². The number of ether oxygens (including phenoxy) is 1. The van der Waals surface area contributed by atoms with Crippen molar-refractivity contribution in [1.29, 1.82) is 0 Å². The van der Waals surface area contributed by atoms with Gasteiger partial charge in [0.05, 0.1) is 10.7 Å². The van der Waals surface area contributed by atoms with E-state index in [0.29, 0.717) is 23.6 Å². The molecule has 0 bridgehead atoms. The maximum atomic E-state index is 12.4. The summed E-state index contributed by atoms with van der Waals surface area (Å²) in [4.78, 5) is 49.0. The van der Waals surface area contributed by atoms with Crippen LogP contribution in [0.4, 0.5) is 10.5 Å². The van der Waals surface area contributed by atoms with Gasteiger partial charge in [0.2, 0.25) is 0 Å². The highest BCUT2D eigenvalue weighted by atomic mass is 35.5. The first-order valence-corrected chi connectivity index (χ1v) is 9.02. The Kier molecular flexibility index (Phi) is 6.67. The van der Waals surface area contributed by atoms with Crippen LogP contribution < -0.4 is 10.6 Å². The number of nitrogens with zero attached hydrogens (tertiary/aromatic N) is 1. The van der Waals surface area contributed by atoms with E-state index in [1.54, 1.807) is 19.9 Å². The Morgan fingerprint density at radius 1 is 1.22 bits per heavy atom. The molecule has 10 heteroatoms. The summed E-state index contributed by atoms with van der Waals surface area (Å²) in [5, 5.41) is 5.72. The van der Waals surface area contributed by atoms with Crippen molar-refractivity contribution in [2.75, 3.05) is 18.5 Å². The lowest BCUT2D eigenvalue weighted by Gasteiger charge is -2.22. The molecule has 1 saturated heterocycles. The first-order valence-electron chi connectivity index (χ1n) is 8.27. The van der Waals surface area contributed by atoms with Crippen molar-refractivity contribution in [1.82, 2.24) is 10.2 Å². The van der Waals surface area contributed by atoms with Gasteiger partial charge in [0.25, 0.3) is 11.8 Å². The molecule has 0 aliphatic carbocycles. The minimum Gasteiger partial charge on any atom is -0.454 e. The van der Waals surface area contributed by atoms with Crippen molar-refractivity contribution in [2.24, 2.45) is 0 Å². The number of carbonyl (C=O) groups is 4. The molecule has 1 aromatic carbocycles. The van der Waals surface area contributed by atoms with E-state index in [2.05, 4.69) is 10.6 Å². The van der Waals surface area contributed by atoms with Crippen LogP contribution in [0.3, 0.4) is 0 Å². The number of carbonyl (C=O) groups excluding carboxylic acids is 4. The van der Waals surface area contributed by atoms with E-state index in [1.807, 2.05) is 0 Å². The monoisotopic (exact) mass is 415 g/mol. The van der Waals surface area contributed by atoms with E-state index in [0.717, 1.165) is 4.90 Å². The summed E-state index contributed by atoms with van der Waals surface area (Å²) in [5.41, 5.74) is -0.688. The van der Waals surface area contributed by atoms with Crippen LogP contribution in [0.1, 0.15) is 26.7 Å². The molecule has 2 N–H and O–H groups in total. The fourth-order valence-corrected chi connectivity index (χ4v) is 3.10. The highest BCUT2D eigenvalue weighted by Crippen LogP contribution is 2.26. The highest BCUT2D eigenvalue weighted by molar-refractivity contribution is 6.36. The Morgan fingerprint density at radius 2 is 1.89 bits per heavy atom. The fourth-order valence-electron chi connectivity index (χ4n) is 2.65. The molecular weight excluding hydrogens is 397 g/mol. The molecule has 1 aliphatic heterocycles. The van der Waals surface area contributed by atoms with Crippen molar-refractivity contribution < 1.29 is 23.9 Å². The number of esters is 1. The predicted molar refractivity (Wildman–Crippen MR) is 99.6 cm³/mol. The van der Waals surface area contributed by atoms with Gasteiger partial charge in [-0.1, -0.05) is 37.0 Å². The third-order valence-electron chi connectivity index (χ3n) is 4.31. The van der Waals surface area contributed by atoms with Crippen molar-refractivity contribution in [2.45, 2.75) is 32.2 Å². The fraction of sp³-hybridized carbons (Fsp3) is 0.412. The molecule has 8 nitrogen and oxygen atoms in total. The molecule has 1 aromatic rings. The lowest BCUT2D eigenvalue weighted by molar-refractivity contribution is -0.150. The number of urea groups is 1. The number of nitrogens with one attached hydrogen (secondary N) is 2. The maximum absolute atomic E-state index is 12.4. The lowest BCUT2D eigenvalue weighted by Crippen LogP contribution is -2.46. The maximum Gasteiger partial charge on any atom is 0.326 e. The van der Waals surface area contributed by atoms with Gasteiger partial charge in [0.15, 0.2) is 6.61 Å². The number of amides is 4. The molecule has 1 aliphatic rings. The second-order valence-corrected chi connectivity index (χ2v) is 6.79. The number of hydrogen-bond donors (Lipinski definition) is 2. The van der Waals surface area contributed by atoms with Crippen LogP contribution in [-0.4, -0.2) is 47.4 Å². The Hall–Kier alpha value is -2.32. The summed E-state index contributed by atoms with van der Waals surface area (Å²) in [6.07, 6.45) is 0.813. The molecule has 1 fully saturated rings. The third-order valence-corrected chi connectivity index (χ3v) is 4.86. The van der Waals surface area contributed by atoms with E-state index in [1.165, 1.54) is 12.1 Å². The van der Waals surface area contributed by atoms with Gasteiger partial charge in [-0.05, 0) is 31.0 Å². The number of rotatable bonds is 7. The van der Waals surface area contributed by atoms with Gasteiger partial charge in [0.1, 0.15) is 12.1 Å². The van der Waals surface area contributed by atoms with Crippen LogP contribution in [0, 0.1) is 0 Å². The molecule has 0 aromatic heterocycles. The number of anilines is 1. The summed E-state index contributed by atoms with van der Waals surface area (Å²) >= 11 is 11.7. The van der Waals surface area contributed by atoms with Gasteiger partial charge >= 0.3 is 12.0 Å². The zero-order valence-corrected chi connectivity index (χ0v) is 16.3. The molecule has 0 unspecified atom stereocenters. The lowest BCUT2D eigenvalue weighted by atomic mass is 9.93. The number of imide groups is 1. The molecule has 0 atom stereocenters. The van der Waals surface area contributed by atoms with Gasteiger partial charge in [-0.15, -0.1) is 0 Å². The normalized spacial score (nSPS) is 15.5. The predicted octanol–water partition coefficient (Wildman–Crippen LogP) is 2.59. The third kappa shape index (κ3) is 4.70. The smallest absolute Gasteiger partial charge is 0.326 e. The molecule has 2 rings (SSSR count). The van der Waals surface area contributed by atoms with Crippen molar-refractivity contribution >= 4 is 52.7 Å². The summed E-state index contributed by atoms with van der Waals surface area (Å²) in [5.74, 6) is -1.98. The molecule has 146 valence electrons. The van der Waals surface area contributed by atoms with Gasteiger partial charge in [-0.2, -0.15) is 0 Å². The molecule has 1 heterocycles. The zero-order valence-electron chi connectivity index (χ0n) is 14.8. The first-order chi connectivity index (χ1) is 12.7. The van der Waals surface area contributed by atoms with E-state index in [9.17, 15) is 19.2 Å². The molecule has 0 radical (unpaired) electrons. The average molecular weight is 416 g/mol. The summed E-state index contributed by atoms with van der Waals surface area (Å²) in [6, 6.07) is 3.85. The molecular formula is C17H19Cl2N3O5. The zero-order chi connectivity index (χ0) is 20.2. The first kappa shape index (κ1) is 21.0. The number of hydrogen-bond acceptors (Lipinski definition) is 5. The van der Waals surface area contributed by atoms with Crippen LogP contribution in [-0.2, 0) is 19.1 Å². The molecule has 0 spiro atoms. The van der Waals surface area contributed by atoms with Gasteiger partial charge in [-0.3, -0.25) is 19.3 Å². The van der Waals surface area contributed by atoms with Crippen molar-refractivity contribution in [3.63, 3.8) is 0 Å². The van der Waals surface area contributed by atoms with Crippen molar-refractivity contribution in [3.8, 4) is 0 Å². The van der Waals surface area contributed by atoms with Crippen LogP contribution in [0.5, 0.6) is 0 Å². The van der Waals surface area contributed by atoms with Crippen LogP contribution in [0.25, 0.3) is 0 Å². The standard InChI is InChI=1S/C17H19Cl2N3O5/c1-3-17(4-2)15(25)22(16(26)21-17)8-14(24)27-9-13(23)20-12-6-5-10(18)7-11(12)19/h5-7H,3-4,8-9H2,1-2H3,(H,20,23)(H,21,26). The molecule has 0 saturated carbocycles. The summed E-state index contributed by atoms with van der Waals surface area (Å²) in [7, 11) is 0. The topological polar surface area (TPSA) is 105 Å². The SMILES string of the molecule is CCC1(CC)NC(=O)N(CC(=O)OCC(=O)Nc2ccc(Cl)cc2Cl)C1=O.